The molecule has 1 heterocycles. The van der Waals surface area contributed by atoms with Gasteiger partial charge in [-0.05, 0) is 35.9 Å². The van der Waals surface area contributed by atoms with Crippen LogP contribution in [-0.2, 0) is 17.9 Å². The van der Waals surface area contributed by atoms with Gasteiger partial charge in [-0.1, -0.05) is 6.92 Å². The lowest BCUT2D eigenvalue weighted by atomic mass is 10.3. The van der Waals surface area contributed by atoms with Crippen LogP contribution in [0.2, 0.25) is 0 Å². The highest BCUT2D eigenvalue weighted by Crippen LogP contribution is 2.13. The van der Waals surface area contributed by atoms with Gasteiger partial charge in [0.15, 0.2) is 0 Å². The third-order valence-electron chi connectivity index (χ3n) is 2.19. The summed E-state index contributed by atoms with van der Waals surface area (Å²) < 4.78 is 31.9. The van der Waals surface area contributed by atoms with Gasteiger partial charge in [-0.25, -0.2) is 8.78 Å². The Morgan fingerprint density at radius 2 is 2.25 bits per heavy atom. The fourth-order valence-electron chi connectivity index (χ4n) is 1.11. The summed E-state index contributed by atoms with van der Waals surface area (Å²) in [7, 11) is 0. The number of ether oxygens (including phenoxy) is 1. The van der Waals surface area contributed by atoms with Crippen molar-refractivity contribution in [1.82, 2.24) is 9.78 Å². The first-order chi connectivity index (χ1) is 7.52. The van der Waals surface area contributed by atoms with Crippen molar-refractivity contribution in [2.24, 2.45) is 0 Å². The molecule has 0 radical (unpaired) electrons. The van der Waals surface area contributed by atoms with Gasteiger partial charge in [0.1, 0.15) is 12.2 Å². The predicted octanol–water partition coefficient (Wildman–Crippen LogP) is 3.07. The van der Waals surface area contributed by atoms with Crippen molar-refractivity contribution >= 4 is 22.6 Å². The second-order valence-electron chi connectivity index (χ2n) is 3.57. The lowest BCUT2D eigenvalue weighted by molar-refractivity contribution is 0.0478. The van der Waals surface area contributed by atoms with Crippen LogP contribution in [0.5, 0.6) is 0 Å². The van der Waals surface area contributed by atoms with Gasteiger partial charge in [0.25, 0.3) is 6.43 Å². The lowest BCUT2D eigenvalue weighted by Crippen LogP contribution is -2.09. The number of hydrogen-bond donors (Lipinski definition) is 0. The van der Waals surface area contributed by atoms with Gasteiger partial charge in [0.05, 0.1) is 16.3 Å². The number of alkyl halides is 2. The van der Waals surface area contributed by atoms with E-state index >= 15 is 0 Å². The molecule has 0 aliphatic rings. The summed E-state index contributed by atoms with van der Waals surface area (Å²) in [6.07, 6.45) is 0.325. The molecule has 0 aliphatic carbocycles. The average Bonchev–Trinajstić information content (AvgIpc) is 2.54. The van der Waals surface area contributed by atoms with Gasteiger partial charge in [0.2, 0.25) is 0 Å². The molecule has 0 spiro atoms. The highest BCUT2D eigenvalue weighted by Gasteiger charge is 2.11. The Labute approximate surface area is 107 Å². The Morgan fingerprint density at radius 1 is 1.56 bits per heavy atom. The van der Waals surface area contributed by atoms with Crippen LogP contribution in [0.1, 0.15) is 26.0 Å². The first-order valence-electron chi connectivity index (χ1n) is 5.14. The minimum atomic E-state index is -2.38. The zero-order valence-electron chi connectivity index (χ0n) is 9.29. The summed E-state index contributed by atoms with van der Waals surface area (Å²) in [4.78, 5) is 0. The van der Waals surface area contributed by atoms with Crippen molar-refractivity contribution in [3.05, 3.63) is 15.5 Å². The first-order valence-corrected chi connectivity index (χ1v) is 6.22. The molecule has 0 unspecified atom stereocenters. The van der Waals surface area contributed by atoms with Crippen LogP contribution in [0.4, 0.5) is 8.78 Å². The van der Waals surface area contributed by atoms with Gasteiger partial charge in [-0.3, -0.25) is 4.68 Å². The van der Waals surface area contributed by atoms with Crippen molar-refractivity contribution in [2.75, 3.05) is 0 Å². The van der Waals surface area contributed by atoms with Crippen molar-refractivity contribution < 1.29 is 13.5 Å². The van der Waals surface area contributed by atoms with E-state index in [9.17, 15) is 8.78 Å². The van der Waals surface area contributed by atoms with Crippen molar-refractivity contribution in [2.45, 2.75) is 45.9 Å². The Kier molecular flexibility index (Phi) is 5.60. The fourth-order valence-corrected chi connectivity index (χ4v) is 1.69. The zero-order chi connectivity index (χ0) is 12.1. The molecule has 0 saturated carbocycles. The van der Waals surface area contributed by atoms with Gasteiger partial charge < -0.3 is 4.74 Å². The highest BCUT2D eigenvalue weighted by atomic mass is 127. The van der Waals surface area contributed by atoms with Crippen LogP contribution in [0.25, 0.3) is 0 Å². The summed E-state index contributed by atoms with van der Waals surface area (Å²) in [5.74, 6) is 0. The van der Waals surface area contributed by atoms with E-state index < -0.39 is 6.43 Å². The van der Waals surface area contributed by atoms with Crippen LogP contribution in [0.3, 0.4) is 0 Å². The molecule has 3 nitrogen and oxygen atoms in total. The summed E-state index contributed by atoms with van der Waals surface area (Å²) >= 11 is 2.08. The molecule has 6 heteroatoms. The van der Waals surface area contributed by atoms with Crippen LogP contribution >= 0.6 is 22.6 Å². The Hall–Kier alpha value is -0.240. The van der Waals surface area contributed by atoms with E-state index in [1.165, 1.54) is 4.68 Å². The molecular formula is C10H15F2IN2O. The molecule has 0 aromatic carbocycles. The molecule has 0 fully saturated rings. The predicted molar refractivity (Wildman–Crippen MR) is 65.5 cm³/mol. The molecule has 0 saturated heterocycles. The lowest BCUT2D eigenvalue weighted by Gasteiger charge is -2.08. The monoisotopic (exact) mass is 344 g/mol. The van der Waals surface area contributed by atoms with Gasteiger partial charge in [-0.15, -0.1) is 0 Å². The third kappa shape index (κ3) is 4.32. The Morgan fingerprint density at radius 3 is 2.81 bits per heavy atom. The minimum absolute atomic E-state index is 0.163. The standard InChI is InChI=1S/C10H15F2IN2O/c1-3-7(2)16-6-9-8(13)4-15(14-9)5-10(11)12/h4,7,10H,3,5-6H2,1-2H3/t7-/m1/s1. The van der Waals surface area contributed by atoms with Gasteiger partial charge >= 0.3 is 0 Å². The van der Waals surface area contributed by atoms with Crippen LogP contribution in [0.15, 0.2) is 6.20 Å². The van der Waals surface area contributed by atoms with E-state index in [-0.39, 0.29) is 12.6 Å². The largest absolute Gasteiger partial charge is 0.372 e. The van der Waals surface area contributed by atoms with Crippen LogP contribution in [0, 0.1) is 3.57 Å². The average molecular weight is 344 g/mol. The van der Waals surface area contributed by atoms with E-state index in [0.29, 0.717) is 6.61 Å². The highest BCUT2D eigenvalue weighted by molar-refractivity contribution is 14.1. The second kappa shape index (κ2) is 6.48. The first kappa shape index (κ1) is 13.8. The van der Waals surface area contributed by atoms with Gasteiger partial charge in [-0.2, -0.15) is 5.10 Å². The number of aromatic nitrogens is 2. The molecule has 16 heavy (non-hydrogen) atoms. The molecule has 0 N–H and O–H groups in total. The fraction of sp³-hybridized carbons (Fsp3) is 0.700. The molecular weight excluding hydrogens is 329 g/mol. The van der Waals surface area contributed by atoms with E-state index in [1.54, 1.807) is 6.20 Å². The maximum atomic E-state index is 12.1. The van der Waals surface area contributed by atoms with Gasteiger partial charge in [0, 0.05) is 6.20 Å². The van der Waals surface area contributed by atoms with E-state index in [4.69, 9.17) is 4.74 Å². The van der Waals surface area contributed by atoms with Crippen molar-refractivity contribution in [3.63, 3.8) is 0 Å². The third-order valence-corrected chi connectivity index (χ3v) is 3.09. The van der Waals surface area contributed by atoms with Crippen LogP contribution in [-0.4, -0.2) is 22.3 Å². The maximum Gasteiger partial charge on any atom is 0.257 e. The summed E-state index contributed by atoms with van der Waals surface area (Å²) in [5, 5.41) is 4.06. The topological polar surface area (TPSA) is 27.1 Å². The molecule has 0 amide bonds. The summed E-state index contributed by atoms with van der Waals surface area (Å²) in [6, 6.07) is 0. The van der Waals surface area contributed by atoms with E-state index in [1.807, 2.05) is 13.8 Å². The zero-order valence-corrected chi connectivity index (χ0v) is 11.4. The number of halogens is 3. The summed E-state index contributed by atoms with van der Waals surface area (Å²) in [5.41, 5.74) is 0.724. The Bertz CT molecular complexity index is 331. The molecule has 0 bridgehead atoms. The number of hydrogen-bond acceptors (Lipinski definition) is 2. The SMILES string of the molecule is CC[C@@H](C)OCc1nn(CC(F)F)cc1I. The molecule has 1 rings (SSSR count). The maximum absolute atomic E-state index is 12.1. The van der Waals surface area contributed by atoms with Crippen molar-refractivity contribution in [1.29, 1.82) is 0 Å². The van der Waals surface area contributed by atoms with Crippen LogP contribution < -0.4 is 0 Å². The smallest absolute Gasteiger partial charge is 0.257 e. The second-order valence-corrected chi connectivity index (χ2v) is 4.73. The molecule has 1 aromatic heterocycles. The molecule has 1 aromatic rings. The molecule has 0 aliphatic heterocycles. The Balaban J connectivity index is 2.56. The molecule has 1 atom stereocenters. The van der Waals surface area contributed by atoms with E-state index in [2.05, 4.69) is 27.7 Å². The van der Waals surface area contributed by atoms with Crippen molar-refractivity contribution in [3.8, 4) is 0 Å². The quantitative estimate of drug-likeness (QED) is 0.742. The summed E-state index contributed by atoms with van der Waals surface area (Å²) in [6.45, 7) is 4.02. The normalized spacial score (nSPS) is 13.4. The number of nitrogens with zero attached hydrogens (tertiary/aromatic N) is 2. The number of rotatable bonds is 6. The minimum Gasteiger partial charge on any atom is -0.372 e. The molecule has 92 valence electrons. The van der Waals surface area contributed by atoms with E-state index in [0.717, 1.165) is 15.7 Å².